The van der Waals surface area contributed by atoms with Crippen LogP contribution < -0.4 is 4.74 Å². The molecule has 0 fully saturated rings. The van der Waals surface area contributed by atoms with Crippen LogP contribution in [0.1, 0.15) is 19.4 Å². The summed E-state index contributed by atoms with van der Waals surface area (Å²) in [5, 5.41) is 0.942. The summed E-state index contributed by atoms with van der Waals surface area (Å²) in [5.41, 5.74) is 4.00. The van der Waals surface area contributed by atoms with Crippen molar-refractivity contribution >= 4 is 45.3 Å². The third-order valence-corrected chi connectivity index (χ3v) is 3.74. The zero-order valence-corrected chi connectivity index (χ0v) is 13.9. The maximum absolute atomic E-state index is 6.01. The molecule has 0 amide bonds. The lowest BCUT2D eigenvalue weighted by Gasteiger charge is -2.08. The van der Waals surface area contributed by atoms with E-state index in [-0.39, 0.29) is 0 Å². The lowest BCUT2D eigenvalue weighted by molar-refractivity contribution is 0.419. The summed E-state index contributed by atoms with van der Waals surface area (Å²) in [4.78, 5) is 9.18. The predicted molar refractivity (Wildman–Crippen MR) is 89.7 cm³/mol. The summed E-state index contributed by atoms with van der Waals surface area (Å²) in [5.74, 6) is 0.695. The van der Waals surface area contributed by atoms with Gasteiger partial charge in [-0.15, -0.1) is 0 Å². The minimum absolute atomic E-state index is 0.467. The van der Waals surface area contributed by atoms with Crippen molar-refractivity contribution in [1.82, 2.24) is 9.97 Å². The minimum atomic E-state index is 0.467. The quantitative estimate of drug-likeness (QED) is 0.560. The molecule has 3 rings (SSSR count). The fourth-order valence-electron chi connectivity index (χ4n) is 2.02. The van der Waals surface area contributed by atoms with Gasteiger partial charge in [0.2, 0.25) is 0 Å². The molecular formula is C16H16Cl2N2O. The number of aromatic nitrogens is 2. The normalized spacial score (nSPS) is 10.4. The molecule has 0 N–H and O–H groups in total. The van der Waals surface area contributed by atoms with Crippen LogP contribution in [0.4, 0.5) is 0 Å². The molecule has 0 aliphatic carbocycles. The Hall–Kier alpha value is -1.58. The molecule has 0 unspecified atom stereocenters. The first kappa shape index (κ1) is 15.8. The molecule has 0 aliphatic heterocycles. The van der Waals surface area contributed by atoms with Crippen LogP contribution in [0.2, 0.25) is 10.0 Å². The second kappa shape index (κ2) is 6.46. The molecule has 0 saturated heterocycles. The van der Waals surface area contributed by atoms with Crippen molar-refractivity contribution in [2.45, 2.75) is 20.8 Å². The highest BCUT2D eigenvalue weighted by Crippen LogP contribution is 2.30. The molecular weight excluding hydrogens is 307 g/mol. The first-order chi connectivity index (χ1) is 10.1. The summed E-state index contributed by atoms with van der Waals surface area (Å²) in [6, 6.07) is 7.28. The number of hydrogen-bond donors (Lipinski definition) is 0. The van der Waals surface area contributed by atoms with E-state index in [1.807, 2.05) is 32.9 Å². The highest BCUT2D eigenvalue weighted by atomic mass is 35.5. The number of halogens is 2. The van der Waals surface area contributed by atoms with Crippen molar-refractivity contribution in [3.8, 4) is 5.75 Å². The molecule has 1 heterocycles. The summed E-state index contributed by atoms with van der Waals surface area (Å²) >= 11 is 12.0. The molecule has 1 aromatic heterocycles. The lowest BCUT2D eigenvalue weighted by Crippen LogP contribution is -1.94. The van der Waals surface area contributed by atoms with Crippen molar-refractivity contribution in [3.63, 3.8) is 0 Å². The predicted octanol–water partition coefficient (Wildman–Crippen LogP) is 5.43. The summed E-state index contributed by atoms with van der Waals surface area (Å²) < 4.78 is 5.32. The number of fused-ring (bicyclic) bond motifs is 2. The highest BCUT2D eigenvalue weighted by molar-refractivity contribution is 6.42. The van der Waals surface area contributed by atoms with Gasteiger partial charge in [0.25, 0.3) is 0 Å². The van der Waals surface area contributed by atoms with Crippen molar-refractivity contribution < 1.29 is 4.74 Å². The standard InChI is InChI=1S/C14H10Cl2N2O.C2H6/c1-7-3-4-12(19-2)14-13(7)17-10-5-8(15)9(16)6-11(10)18-14;1-2/h3-6H,1-2H3;1-2H3. The van der Waals surface area contributed by atoms with Crippen LogP contribution in [0.5, 0.6) is 5.75 Å². The maximum atomic E-state index is 6.01. The average molecular weight is 323 g/mol. The first-order valence-corrected chi connectivity index (χ1v) is 7.46. The van der Waals surface area contributed by atoms with E-state index < -0.39 is 0 Å². The maximum Gasteiger partial charge on any atom is 0.146 e. The van der Waals surface area contributed by atoms with Gasteiger partial charge in [-0.25, -0.2) is 9.97 Å². The topological polar surface area (TPSA) is 35.0 Å². The van der Waals surface area contributed by atoms with Gasteiger partial charge in [0, 0.05) is 0 Å². The van der Waals surface area contributed by atoms with Gasteiger partial charge in [-0.3, -0.25) is 0 Å². The van der Waals surface area contributed by atoms with E-state index in [1.165, 1.54) is 0 Å². The Morgan fingerprint density at radius 2 is 1.43 bits per heavy atom. The summed E-state index contributed by atoms with van der Waals surface area (Å²) in [6.07, 6.45) is 0. The monoisotopic (exact) mass is 322 g/mol. The van der Waals surface area contributed by atoms with Gasteiger partial charge in [-0.05, 0) is 30.7 Å². The third kappa shape index (κ3) is 2.89. The molecule has 2 aromatic carbocycles. The molecule has 110 valence electrons. The van der Waals surface area contributed by atoms with Crippen LogP contribution in [0, 0.1) is 6.92 Å². The lowest BCUT2D eigenvalue weighted by atomic mass is 10.1. The number of rotatable bonds is 1. The number of hydrogen-bond acceptors (Lipinski definition) is 3. The van der Waals surface area contributed by atoms with E-state index in [4.69, 9.17) is 27.9 Å². The number of benzene rings is 2. The van der Waals surface area contributed by atoms with Crippen LogP contribution in [0.15, 0.2) is 24.3 Å². The zero-order valence-electron chi connectivity index (χ0n) is 12.4. The first-order valence-electron chi connectivity index (χ1n) is 6.70. The number of methoxy groups -OCH3 is 1. The number of ether oxygens (including phenoxy) is 1. The third-order valence-electron chi connectivity index (χ3n) is 3.02. The largest absolute Gasteiger partial charge is 0.494 e. The Bertz CT molecular complexity index is 803. The average Bonchev–Trinajstić information content (AvgIpc) is 2.50. The smallest absolute Gasteiger partial charge is 0.146 e. The van der Waals surface area contributed by atoms with E-state index in [1.54, 1.807) is 19.2 Å². The molecule has 21 heavy (non-hydrogen) atoms. The molecule has 0 radical (unpaired) electrons. The van der Waals surface area contributed by atoms with E-state index in [0.29, 0.717) is 21.3 Å². The summed E-state index contributed by atoms with van der Waals surface area (Å²) in [7, 11) is 1.62. The number of aryl methyl sites for hydroxylation is 1. The van der Waals surface area contributed by atoms with Gasteiger partial charge >= 0.3 is 0 Å². The van der Waals surface area contributed by atoms with Gasteiger partial charge in [0.05, 0.1) is 33.7 Å². The molecule has 5 heteroatoms. The molecule has 0 bridgehead atoms. The van der Waals surface area contributed by atoms with Crippen LogP contribution in [-0.4, -0.2) is 17.1 Å². The van der Waals surface area contributed by atoms with Gasteiger partial charge < -0.3 is 4.74 Å². The fourth-order valence-corrected chi connectivity index (χ4v) is 2.34. The SMILES string of the molecule is CC.COc1ccc(C)c2nc3cc(Cl)c(Cl)cc3nc12. The second-order valence-electron chi connectivity index (χ2n) is 4.26. The summed E-state index contributed by atoms with van der Waals surface area (Å²) in [6.45, 7) is 5.99. The Labute approximate surface area is 133 Å². The van der Waals surface area contributed by atoms with E-state index >= 15 is 0 Å². The van der Waals surface area contributed by atoms with Crippen LogP contribution >= 0.6 is 23.2 Å². The van der Waals surface area contributed by atoms with Gasteiger partial charge in [0.1, 0.15) is 11.3 Å². The van der Waals surface area contributed by atoms with E-state index in [0.717, 1.165) is 22.1 Å². The zero-order chi connectivity index (χ0) is 15.6. The Morgan fingerprint density at radius 3 is 1.95 bits per heavy atom. The fraction of sp³-hybridized carbons (Fsp3) is 0.250. The van der Waals surface area contributed by atoms with Crippen molar-refractivity contribution in [1.29, 1.82) is 0 Å². The minimum Gasteiger partial charge on any atom is -0.494 e. The van der Waals surface area contributed by atoms with Crippen molar-refractivity contribution in [3.05, 3.63) is 39.9 Å². The molecule has 0 aliphatic rings. The van der Waals surface area contributed by atoms with Crippen LogP contribution in [0.25, 0.3) is 22.1 Å². The molecule has 3 aromatic rings. The van der Waals surface area contributed by atoms with Gasteiger partial charge in [-0.1, -0.05) is 43.1 Å². The Kier molecular flexibility index (Phi) is 4.86. The van der Waals surface area contributed by atoms with Crippen molar-refractivity contribution in [2.24, 2.45) is 0 Å². The van der Waals surface area contributed by atoms with Gasteiger partial charge in [-0.2, -0.15) is 0 Å². The van der Waals surface area contributed by atoms with Crippen LogP contribution in [-0.2, 0) is 0 Å². The molecule has 0 saturated carbocycles. The Balaban J connectivity index is 0.000000774. The van der Waals surface area contributed by atoms with Crippen molar-refractivity contribution in [2.75, 3.05) is 7.11 Å². The Morgan fingerprint density at radius 1 is 0.905 bits per heavy atom. The van der Waals surface area contributed by atoms with E-state index in [9.17, 15) is 0 Å². The molecule has 0 spiro atoms. The second-order valence-corrected chi connectivity index (χ2v) is 5.07. The van der Waals surface area contributed by atoms with E-state index in [2.05, 4.69) is 9.97 Å². The number of nitrogens with zero attached hydrogens (tertiary/aromatic N) is 2. The molecule has 3 nitrogen and oxygen atoms in total. The van der Waals surface area contributed by atoms with Gasteiger partial charge in [0.15, 0.2) is 0 Å². The molecule has 0 atom stereocenters. The van der Waals surface area contributed by atoms with Crippen LogP contribution in [0.3, 0.4) is 0 Å². The highest BCUT2D eigenvalue weighted by Gasteiger charge is 2.10.